The summed E-state index contributed by atoms with van der Waals surface area (Å²) in [5, 5.41) is 1.10. The van der Waals surface area contributed by atoms with Crippen LogP contribution in [0.15, 0.2) is 30.3 Å². The Labute approximate surface area is 131 Å². The van der Waals surface area contributed by atoms with Crippen LogP contribution in [0.1, 0.15) is 49.3 Å². The second-order valence-corrected chi connectivity index (χ2v) is 7.39. The van der Waals surface area contributed by atoms with Gasteiger partial charge in [0.15, 0.2) is 0 Å². The molecular weight excluding hydrogens is 280 g/mol. The van der Waals surface area contributed by atoms with E-state index in [9.17, 15) is 0 Å². The Kier molecular flexibility index (Phi) is 5.01. The molecule has 21 heavy (non-hydrogen) atoms. The predicted molar refractivity (Wildman–Crippen MR) is 89.1 cm³/mol. The van der Waals surface area contributed by atoms with E-state index in [1.54, 1.807) is 11.3 Å². The first kappa shape index (κ1) is 16.0. The van der Waals surface area contributed by atoms with Gasteiger partial charge in [-0.15, -0.1) is 11.3 Å². The van der Waals surface area contributed by atoms with Crippen LogP contribution in [0.3, 0.4) is 0 Å². The summed E-state index contributed by atoms with van der Waals surface area (Å²) in [4.78, 5) is 5.98. The van der Waals surface area contributed by atoms with Crippen LogP contribution in [0.2, 0.25) is 0 Å². The number of para-hydroxylation sites is 1. The first-order valence-electron chi connectivity index (χ1n) is 7.31. The molecule has 1 aromatic carbocycles. The van der Waals surface area contributed by atoms with E-state index in [0.717, 1.165) is 22.9 Å². The standard InChI is InChI=1S/C17H24N2OS/c1-12(18)15-16(17(2,3)4)19-14(21-15)10-11-20-13-8-6-5-7-9-13/h5-9,12H,10-11,18H2,1-4H3. The fraction of sp³-hybridized carbons (Fsp3) is 0.471. The van der Waals surface area contributed by atoms with Crippen molar-refractivity contribution in [3.8, 4) is 5.75 Å². The fourth-order valence-corrected chi connectivity index (χ4v) is 3.31. The van der Waals surface area contributed by atoms with Crippen molar-refractivity contribution in [2.24, 2.45) is 5.73 Å². The van der Waals surface area contributed by atoms with Gasteiger partial charge in [0.25, 0.3) is 0 Å². The third-order valence-electron chi connectivity index (χ3n) is 3.15. The lowest BCUT2D eigenvalue weighted by Crippen LogP contribution is -2.17. The molecule has 0 amide bonds. The van der Waals surface area contributed by atoms with Gasteiger partial charge in [-0.1, -0.05) is 39.0 Å². The Bertz CT molecular complexity index is 570. The number of nitrogens with two attached hydrogens (primary N) is 1. The Morgan fingerprint density at radius 1 is 1.24 bits per heavy atom. The van der Waals surface area contributed by atoms with E-state index < -0.39 is 0 Å². The zero-order valence-corrected chi connectivity index (χ0v) is 14.0. The summed E-state index contributed by atoms with van der Waals surface area (Å²) >= 11 is 1.71. The van der Waals surface area contributed by atoms with Crippen LogP contribution in [0, 0.1) is 0 Å². The smallest absolute Gasteiger partial charge is 0.119 e. The Balaban J connectivity index is 2.04. The molecule has 0 saturated heterocycles. The zero-order valence-electron chi connectivity index (χ0n) is 13.2. The van der Waals surface area contributed by atoms with Gasteiger partial charge in [-0.05, 0) is 19.1 Å². The topological polar surface area (TPSA) is 48.1 Å². The van der Waals surface area contributed by atoms with E-state index in [4.69, 9.17) is 15.5 Å². The molecule has 114 valence electrons. The highest BCUT2D eigenvalue weighted by Crippen LogP contribution is 2.33. The first-order valence-corrected chi connectivity index (χ1v) is 8.13. The number of thiazole rings is 1. The maximum absolute atomic E-state index is 6.08. The van der Waals surface area contributed by atoms with Crippen LogP contribution >= 0.6 is 11.3 Å². The zero-order chi connectivity index (χ0) is 15.5. The lowest BCUT2D eigenvalue weighted by molar-refractivity contribution is 0.321. The van der Waals surface area contributed by atoms with Gasteiger partial charge in [0.2, 0.25) is 0 Å². The van der Waals surface area contributed by atoms with Gasteiger partial charge < -0.3 is 10.5 Å². The van der Waals surface area contributed by atoms with Crippen LogP contribution in [0.25, 0.3) is 0 Å². The number of ether oxygens (including phenoxy) is 1. The van der Waals surface area contributed by atoms with E-state index >= 15 is 0 Å². The SMILES string of the molecule is CC(N)c1sc(CCOc2ccccc2)nc1C(C)(C)C. The molecule has 2 rings (SSSR count). The van der Waals surface area contributed by atoms with Crippen LogP contribution in [0.5, 0.6) is 5.75 Å². The van der Waals surface area contributed by atoms with Crippen LogP contribution in [-0.2, 0) is 11.8 Å². The van der Waals surface area contributed by atoms with Crippen LogP contribution in [0.4, 0.5) is 0 Å². The monoisotopic (exact) mass is 304 g/mol. The average Bonchev–Trinajstić information content (AvgIpc) is 2.84. The lowest BCUT2D eigenvalue weighted by atomic mass is 9.90. The van der Waals surface area contributed by atoms with Gasteiger partial charge in [0.05, 0.1) is 17.3 Å². The molecule has 1 heterocycles. The van der Waals surface area contributed by atoms with E-state index in [1.807, 2.05) is 37.3 Å². The minimum atomic E-state index is 0.0258. The number of hydrogen-bond donors (Lipinski definition) is 1. The highest BCUT2D eigenvalue weighted by Gasteiger charge is 2.24. The molecule has 1 atom stereocenters. The lowest BCUT2D eigenvalue weighted by Gasteiger charge is -2.18. The largest absolute Gasteiger partial charge is 0.493 e. The Morgan fingerprint density at radius 2 is 1.90 bits per heavy atom. The van der Waals surface area contributed by atoms with Crippen molar-refractivity contribution in [3.63, 3.8) is 0 Å². The summed E-state index contributed by atoms with van der Waals surface area (Å²) in [6.07, 6.45) is 0.815. The summed E-state index contributed by atoms with van der Waals surface area (Å²) in [6.45, 7) is 9.20. The Morgan fingerprint density at radius 3 is 2.43 bits per heavy atom. The van der Waals surface area contributed by atoms with Gasteiger partial charge in [0, 0.05) is 22.8 Å². The first-order chi connectivity index (χ1) is 9.88. The predicted octanol–water partition coefficient (Wildman–Crippen LogP) is 4.08. The van der Waals surface area contributed by atoms with Gasteiger partial charge in [-0.2, -0.15) is 0 Å². The van der Waals surface area contributed by atoms with Crippen LogP contribution in [-0.4, -0.2) is 11.6 Å². The minimum absolute atomic E-state index is 0.0258. The van der Waals surface area contributed by atoms with Crippen LogP contribution < -0.4 is 10.5 Å². The van der Waals surface area contributed by atoms with E-state index in [-0.39, 0.29) is 11.5 Å². The third kappa shape index (κ3) is 4.29. The molecule has 0 fully saturated rings. The van der Waals surface area contributed by atoms with Crippen molar-refractivity contribution < 1.29 is 4.74 Å². The van der Waals surface area contributed by atoms with E-state index in [0.29, 0.717) is 6.61 Å². The van der Waals surface area contributed by atoms with Crippen molar-refractivity contribution in [1.82, 2.24) is 4.98 Å². The molecule has 0 aliphatic carbocycles. The summed E-state index contributed by atoms with van der Waals surface area (Å²) < 4.78 is 5.74. The number of hydrogen-bond acceptors (Lipinski definition) is 4. The van der Waals surface area contributed by atoms with E-state index in [1.165, 1.54) is 4.88 Å². The summed E-state index contributed by atoms with van der Waals surface area (Å²) in [6, 6.07) is 9.90. The third-order valence-corrected chi connectivity index (χ3v) is 4.47. The normalized spacial score (nSPS) is 13.2. The average molecular weight is 304 g/mol. The van der Waals surface area contributed by atoms with E-state index in [2.05, 4.69) is 20.8 Å². The number of rotatable bonds is 5. The van der Waals surface area contributed by atoms with Gasteiger partial charge in [-0.3, -0.25) is 0 Å². The van der Waals surface area contributed by atoms with Crippen molar-refractivity contribution in [1.29, 1.82) is 0 Å². The van der Waals surface area contributed by atoms with Gasteiger partial charge >= 0.3 is 0 Å². The van der Waals surface area contributed by atoms with Crippen molar-refractivity contribution in [2.45, 2.75) is 45.6 Å². The molecule has 2 N–H and O–H groups in total. The molecule has 2 aromatic rings. The molecule has 0 aliphatic rings. The second kappa shape index (κ2) is 6.58. The highest BCUT2D eigenvalue weighted by molar-refractivity contribution is 7.11. The van der Waals surface area contributed by atoms with Gasteiger partial charge in [0.1, 0.15) is 5.75 Å². The molecule has 4 heteroatoms. The molecule has 0 radical (unpaired) electrons. The van der Waals surface area contributed by atoms with Crippen molar-refractivity contribution >= 4 is 11.3 Å². The molecule has 0 spiro atoms. The minimum Gasteiger partial charge on any atom is -0.493 e. The summed E-state index contributed by atoms with van der Waals surface area (Å²) in [7, 11) is 0. The summed E-state index contributed by atoms with van der Waals surface area (Å²) in [5.74, 6) is 0.900. The Hall–Kier alpha value is -1.39. The number of aromatic nitrogens is 1. The van der Waals surface area contributed by atoms with Crippen molar-refractivity contribution in [2.75, 3.05) is 6.61 Å². The molecule has 1 unspecified atom stereocenters. The maximum Gasteiger partial charge on any atom is 0.119 e. The fourth-order valence-electron chi connectivity index (χ4n) is 2.10. The molecular formula is C17H24N2OS. The molecule has 1 aromatic heterocycles. The van der Waals surface area contributed by atoms with Crippen molar-refractivity contribution in [3.05, 3.63) is 45.9 Å². The summed E-state index contributed by atoms with van der Waals surface area (Å²) in [5.41, 5.74) is 7.23. The molecule has 0 aliphatic heterocycles. The maximum atomic E-state index is 6.08. The quantitative estimate of drug-likeness (QED) is 0.905. The second-order valence-electron chi connectivity index (χ2n) is 6.27. The van der Waals surface area contributed by atoms with Gasteiger partial charge in [-0.25, -0.2) is 4.98 Å². The molecule has 0 bridgehead atoms. The molecule has 0 saturated carbocycles. The number of nitrogens with zero attached hydrogens (tertiary/aromatic N) is 1. The molecule has 3 nitrogen and oxygen atoms in total. The highest BCUT2D eigenvalue weighted by atomic mass is 32.1. The number of benzene rings is 1.